The first kappa shape index (κ1) is 15.5. The van der Waals surface area contributed by atoms with Crippen LogP contribution in [0.1, 0.15) is 40.9 Å². The number of carbonyl (C=O) groups is 1. The zero-order valence-electron chi connectivity index (χ0n) is 13.5. The van der Waals surface area contributed by atoms with Gasteiger partial charge in [0.1, 0.15) is 5.69 Å². The molecule has 1 aromatic carbocycles. The molecule has 23 heavy (non-hydrogen) atoms. The monoisotopic (exact) mass is 310 g/mol. The molecule has 1 aliphatic rings. The molecular formula is C18H22N4O. The predicted octanol–water partition coefficient (Wildman–Crippen LogP) is 3.02. The Morgan fingerprint density at radius 3 is 2.61 bits per heavy atom. The molecule has 120 valence electrons. The highest BCUT2D eigenvalue weighted by molar-refractivity contribution is 5.92. The number of anilines is 1. The van der Waals surface area contributed by atoms with Gasteiger partial charge in [-0.25, -0.2) is 9.97 Å². The van der Waals surface area contributed by atoms with Crippen LogP contribution in [-0.2, 0) is 6.54 Å². The van der Waals surface area contributed by atoms with Crippen LogP contribution in [0.3, 0.4) is 0 Å². The van der Waals surface area contributed by atoms with E-state index in [0.717, 1.165) is 31.5 Å². The SMILES string of the molecule is Cc1ccc(CNc2nccc(C(=O)N3CCCCC3)n2)cc1. The standard InChI is InChI=1S/C18H22N4O/c1-14-5-7-15(8-6-14)13-20-18-19-10-9-16(21-18)17(23)22-11-3-2-4-12-22/h5-10H,2-4,11-13H2,1H3,(H,19,20,21). The average molecular weight is 310 g/mol. The number of piperidine rings is 1. The largest absolute Gasteiger partial charge is 0.350 e. The minimum absolute atomic E-state index is 0.00508. The molecule has 3 rings (SSSR count). The van der Waals surface area contributed by atoms with E-state index in [1.54, 1.807) is 12.3 Å². The maximum Gasteiger partial charge on any atom is 0.272 e. The number of aromatic nitrogens is 2. The lowest BCUT2D eigenvalue weighted by Crippen LogP contribution is -2.36. The van der Waals surface area contributed by atoms with Crippen LogP contribution in [0, 0.1) is 6.92 Å². The number of likely N-dealkylation sites (tertiary alicyclic amines) is 1. The molecule has 0 radical (unpaired) electrons. The Morgan fingerprint density at radius 1 is 1.13 bits per heavy atom. The van der Waals surface area contributed by atoms with E-state index >= 15 is 0 Å². The van der Waals surface area contributed by atoms with Crippen LogP contribution in [-0.4, -0.2) is 33.9 Å². The van der Waals surface area contributed by atoms with Crippen LogP contribution >= 0.6 is 0 Å². The minimum atomic E-state index is 0.00508. The van der Waals surface area contributed by atoms with E-state index in [1.807, 2.05) is 4.90 Å². The zero-order valence-corrected chi connectivity index (χ0v) is 13.5. The fourth-order valence-electron chi connectivity index (χ4n) is 2.71. The number of aryl methyl sites for hydroxylation is 1. The molecule has 0 atom stereocenters. The van der Waals surface area contributed by atoms with Crippen LogP contribution < -0.4 is 5.32 Å². The van der Waals surface area contributed by atoms with Gasteiger partial charge in [0.25, 0.3) is 5.91 Å². The highest BCUT2D eigenvalue weighted by Crippen LogP contribution is 2.13. The number of amides is 1. The van der Waals surface area contributed by atoms with Crippen LogP contribution in [0.2, 0.25) is 0 Å². The quantitative estimate of drug-likeness (QED) is 0.943. The van der Waals surface area contributed by atoms with Gasteiger partial charge in [0.05, 0.1) is 0 Å². The van der Waals surface area contributed by atoms with E-state index in [4.69, 9.17) is 0 Å². The second kappa shape index (κ2) is 7.22. The van der Waals surface area contributed by atoms with Crippen LogP contribution in [0.25, 0.3) is 0 Å². The molecule has 2 heterocycles. The van der Waals surface area contributed by atoms with Crippen molar-refractivity contribution < 1.29 is 4.79 Å². The summed E-state index contributed by atoms with van der Waals surface area (Å²) in [6, 6.07) is 9.99. The zero-order chi connectivity index (χ0) is 16.1. The van der Waals surface area contributed by atoms with Crippen molar-refractivity contribution in [2.75, 3.05) is 18.4 Å². The molecule has 0 unspecified atom stereocenters. The van der Waals surface area contributed by atoms with Gasteiger partial charge in [0.2, 0.25) is 5.95 Å². The number of hydrogen-bond acceptors (Lipinski definition) is 4. The van der Waals surface area contributed by atoms with Crippen molar-refractivity contribution >= 4 is 11.9 Å². The number of nitrogens with one attached hydrogen (secondary N) is 1. The lowest BCUT2D eigenvalue weighted by Gasteiger charge is -2.26. The molecule has 1 N–H and O–H groups in total. The molecule has 1 fully saturated rings. The molecule has 0 bridgehead atoms. The Hall–Kier alpha value is -2.43. The van der Waals surface area contributed by atoms with E-state index < -0.39 is 0 Å². The lowest BCUT2D eigenvalue weighted by molar-refractivity contribution is 0.0718. The van der Waals surface area contributed by atoms with Gasteiger partial charge >= 0.3 is 0 Å². The molecule has 5 nitrogen and oxygen atoms in total. The van der Waals surface area contributed by atoms with E-state index in [1.165, 1.54) is 12.0 Å². The highest BCUT2D eigenvalue weighted by Gasteiger charge is 2.19. The van der Waals surface area contributed by atoms with Crippen molar-refractivity contribution in [2.24, 2.45) is 0 Å². The van der Waals surface area contributed by atoms with Gasteiger partial charge in [0, 0.05) is 25.8 Å². The maximum absolute atomic E-state index is 12.5. The topological polar surface area (TPSA) is 58.1 Å². The first-order valence-electron chi connectivity index (χ1n) is 8.14. The summed E-state index contributed by atoms with van der Waals surface area (Å²) in [6.07, 6.45) is 5.00. The maximum atomic E-state index is 12.5. The molecular weight excluding hydrogens is 288 g/mol. The summed E-state index contributed by atoms with van der Waals surface area (Å²) in [6.45, 7) is 4.36. The predicted molar refractivity (Wildman–Crippen MR) is 90.3 cm³/mol. The summed E-state index contributed by atoms with van der Waals surface area (Å²) in [5, 5.41) is 3.19. The van der Waals surface area contributed by atoms with Crippen molar-refractivity contribution in [1.29, 1.82) is 0 Å². The third kappa shape index (κ3) is 4.06. The normalized spacial score (nSPS) is 14.6. The van der Waals surface area contributed by atoms with Crippen LogP contribution in [0.15, 0.2) is 36.5 Å². The summed E-state index contributed by atoms with van der Waals surface area (Å²) in [5.41, 5.74) is 2.86. The Balaban J connectivity index is 1.64. The summed E-state index contributed by atoms with van der Waals surface area (Å²) in [7, 11) is 0. The number of hydrogen-bond donors (Lipinski definition) is 1. The van der Waals surface area contributed by atoms with Gasteiger partial charge in [-0.2, -0.15) is 0 Å². The number of nitrogens with zero attached hydrogens (tertiary/aromatic N) is 3. The van der Waals surface area contributed by atoms with E-state index in [-0.39, 0.29) is 5.91 Å². The summed E-state index contributed by atoms with van der Waals surface area (Å²) < 4.78 is 0. The summed E-state index contributed by atoms with van der Waals surface area (Å²) in [4.78, 5) is 22.9. The van der Waals surface area contributed by atoms with Gasteiger partial charge < -0.3 is 10.2 Å². The van der Waals surface area contributed by atoms with E-state index in [0.29, 0.717) is 18.2 Å². The van der Waals surface area contributed by atoms with Crippen LogP contribution in [0.4, 0.5) is 5.95 Å². The Morgan fingerprint density at radius 2 is 1.87 bits per heavy atom. The number of benzene rings is 1. The lowest BCUT2D eigenvalue weighted by atomic mass is 10.1. The first-order valence-corrected chi connectivity index (χ1v) is 8.14. The minimum Gasteiger partial charge on any atom is -0.350 e. The highest BCUT2D eigenvalue weighted by atomic mass is 16.2. The Bertz CT molecular complexity index is 663. The molecule has 2 aromatic rings. The van der Waals surface area contributed by atoms with Gasteiger partial charge in [-0.05, 0) is 37.8 Å². The molecule has 5 heteroatoms. The fourth-order valence-corrected chi connectivity index (χ4v) is 2.71. The first-order chi connectivity index (χ1) is 11.2. The van der Waals surface area contributed by atoms with Gasteiger partial charge in [-0.1, -0.05) is 29.8 Å². The molecule has 0 aliphatic carbocycles. The molecule has 1 aromatic heterocycles. The average Bonchev–Trinajstić information content (AvgIpc) is 2.61. The van der Waals surface area contributed by atoms with Gasteiger partial charge in [-0.3, -0.25) is 4.79 Å². The third-order valence-corrected chi connectivity index (χ3v) is 4.09. The molecule has 0 saturated carbocycles. The van der Waals surface area contributed by atoms with Gasteiger partial charge in [-0.15, -0.1) is 0 Å². The van der Waals surface area contributed by atoms with Gasteiger partial charge in [0.15, 0.2) is 0 Å². The van der Waals surface area contributed by atoms with Crippen molar-refractivity contribution in [3.8, 4) is 0 Å². The molecule has 1 saturated heterocycles. The number of rotatable bonds is 4. The fraction of sp³-hybridized carbons (Fsp3) is 0.389. The van der Waals surface area contributed by atoms with Crippen molar-refractivity contribution in [3.63, 3.8) is 0 Å². The second-order valence-corrected chi connectivity index (χ2v) is 5.96. The molecule has 1 aliphatic heterocycles. The third-order valence-electron chi connectivity index (χ3n) is 4.09. The van der Waals surface area contributed by atoms with Crippen molar-refractivity contribution in [2.45, 2.75) is 32.7 Å². The summed E-state index contributed by atoms with van der Waals surface area (Å²) in [5.74, 6) is 0.499. The second-order valence-electron chi connectivity index (χ2n) is 5.96. The van der Waals surface area contributed by atoms with Crippen molar-refractivity contribution in [3.05, 3.63) is 53.3 Å². The van der Waals surface area contributed by atoms with E-state index in [2.05, 4.69) is 46.5 Å². The molecule has 0 spiro atoms. The smallest absolute Gasteiger partial charge is 0.272 e. The Kier molecular flexibility index (Phi) is 4.86. The van der Waals surface area contributed by atoms with E-state index in [9.17, 15) is 4.79 Å². The molecule has 1 amide bonds. The summed E-state index contributed by atoms with van der Waals surface area (Å²) >= 11 is 0. The number of carbonyl (C=O) groups excluding carboxylic acids is 1. The van der Waals surface area contributed by atoms with Crippen LogP contribution in [0.5, 0.6) is 0 Å². The Labute approximate surface area is 136 Å². The van der Waals surface area contributed by atoms with Crippen molar-refractivity contribution in [1.82, 2.24) is 14.9 Å².